The van der Waals surface area contributed by atoms with Crippen LogP contribution >= 0.6 is 0 Å². The number of benzene rings is 3. The maximum atomic E-state index is 4.15. The van der Waals surface area contributed by atoms with E-state index in [1.165, 1.54) is 33.4 Å². The van der Waals surface area contributed by atoms with Gasteiger partial charge in [0.15, 0.2) is 0 Å². The summed E-state index contributed by atoms with van der Waals surface area (Å²) < 4.78 is 0. The Morgan fingerprint density at radius 2 is 1.39 bits per heavy atom. The molecule has 0 aromatic heterocycles. The van der Waals surface area contributed by atoms with Gasteiger partial charge in [0.2, 0.25) is 0 Å². The smallest absolute Gasteiger partial charge is 0.00671 e. The maximum absolute atomic E-state index is 4.15. The van der Waals surface area contributed by atoms with E-state index in [1.807, 2.05) is 6.08 Å². The van der Waals surface area contributed by atoms with Gasteiger partial charge in [-0.05, 0) is 46.2 Å². The summed E-state index contributed by atoms with van der Waals surface area (Å²) in [7, 11) is 0. The van der Waals surface area contributed by atoms with E-state index < -0.39 is 0 Å². The molecule has 0 radical (unpaired) electrons. The number of hydrogen-bond donors (Lipinski definition) is 0. The minimum atomic E-state index is 0.293. The molecule has 3 rings (SSSR count). The Morgan fingerprint density at radius 3 is 2.09 bits per heavy atom. The highest BCUT2D eigenvalue weighted by atomic mass is 14.2. The molecule has 0 saturated heterocycles. The van der Waals surface area contributed by atoms with E-state index in [9.17, 15) is 0 Å². The highest BCUT2D eigenvalue weighted by Gasteiger charge is 2.13. The third-order valence-electron chi connectivity index (χ3n) is 6.08. The maximum Gasteiger partial charge on any atom is 0.00671 e. The molecule has 0 amide bonds. The first-order valence-electron chi connectivity index (χ1n) is 11.6. The largest absolute Gasteiger partial charge is 0.0985 e. The number of aryl methyl sites for hydroxylation is 1. The zero-order chi connectivity index (χ0) is 23.6. The minimum absolute atomic E-state index is 0.293. The topological polar surface area (TPSA) is 0 Å². The number of allylic oxidation sites excluding steroid dienone is 7. The van der Waals surface area contributed by atoms with Crippen molar-refractivity contribution in [2.24, 2.45) is 0 Å². The van der Waals surface area contributed by atoms with E-state index in [0.717, 1.165) is 5.57 Å². The van der Waals surface area contributed by atoms with Crippen LogP contribution in [0.15, 0.2) is 122 Å². The molecule has 0 heterocycles. The Bertz CT molecular complexity index is 1150. The van der Waals surface area contributed by atoms with E-state index in [-0.39, 0.29) is 0 Å². The lowest BCUT2D eigenvalue weighted by atomic mass is 9.86. The first-order valence-corrected chi connectivity index (χ1v) is 11.6. The molecule has 0 saturated carbocycles. The lowest BCUT2D eigenvalue weighted by Crippen LogP contribution is -2.01. The summed E-state index contributed by atoms with van der Waals surface area (Å²) in [4.78, 5) is 0. The molecule has 2 unspecified atom stereocenters. The summed E-state index contributed by atoms with van der Waals surface area (Å²) in [5.74, 6) is 0.647. The van der Waals surface area contributed by atoms with Gasteiger partial charge >= 0.3 is 0 Å². The van der Waals surface area contributed by atoms with Gasteiger partial charge in [-0.25, -0.2) is 0 Å². The van der Waals surface area contributed by atoms with Crippen molar-refractivity contribution < 1.29 is 0 Å². The monoisotopic (exact) mass is 430 g/mol. The summed E-state index contributed by atoms with van der Waals surface area (Å²) in [6, 6.07) is 26.0. The fourth-order valence-electron chi connectivity index (χ4n) is 3.86. The molecular weight excluding hydrogens is 396 g/mol. The van der Waals surface area contributed by atoms with Crippen LogP contribution in [0.25, 0.3) is 11.6 Å². The van der Waals surface area contributed by atoms with Crippen LogP contribution in [-0.4, -0.2) is 0 Å². The lowest BCUT2D eigenvalue weighted by Gasteiger charge is -2.18. The molecule has 0 fully saturated rings. The molecular formula is C33H34. The number of hydrogen-bond acceptors (Lipinski definition) is 0. The molecule has 0 aliphatic carbocycles. The van der Waals surface area contributed by atoms with Crippen molar-refractivity contribution in [3.05, 3.63) is 156 Å². The molecule has 0 aliphatic heterocycles. The van der Waals surface area contributed by atoms with E-state index in [1.54, 1.807) is 0 Å². The van der Waals surface area contributed by atoms with Crippen molar-refractivity contribution in [1.82, 2.24) is 0 Å². The molecule has 0 spiro atoms. The predicted octanol–water partition coefficient (Wildman–Crippen LogP) is 9.28. The van der Waals surface area contributed by atoms with Crippen molar-refractivity contribution in [3.8, 4) is 0 Å². The van der Waals surface area contributed by atoms with Gasteiger partial charge in [0.25, 0.3) is 0 Å². The number of rotatable bonds is 9. The van der Waals surface area contributed by atoms with Crippen molar-refractivity contribution in [3.63, 3.8) is 0 Å². The predicted molar refractivity (Wildman–Crippen MR) is 147 cm³/mol. The van der Waals surface area contributed by atoms with Crippen LogP contribution in [0.4, 0.5) is 0 Å². The highest BCUT2D eigenvalue weighted by Crippen LogP contribution is 2.31. The quantitative estimate of drug-likeness (QED) is 0.297. The van der Waals surface area contributed by atoms with Gasteiger partial charge in [-0.3, -0.25) is 0 Å². The van der Waals surface area contributed by atoms with Crippen LogP contribution in [0.1, 0.15) is 59.1 Å². The van der Waals surface area contributed by atoms with Crippen molar-refractivity contribution in [2.45, 2.75) is 32.6 Å². The second-order valence-corrected chi connectivity index (χ2v) is 8.53. The summed E-state index contributed by atoms with van der Waals surface area (Å²) in [6.07, 6.45) is 14.5. The SMILES string of the molecule is C=CC(=C)c1ccccc1C(C)c1ccc(C(C)/C=C/C=C\C=C/c2ccc(C)cc2)cc1. The van der Waals surface area contributed by atoms with Crippen LogP contribution in [0.2, 0.25) is 0 Å². The third-order valence-corrected chi connectivity index (χ3v) is 6.08. The molecule has 0 heteroatoms. The van der Waals surface area contributed by atoms with Crippen molar-refractivity contribution in [2.75, 3.05) is 0 Å². The van der Waals surface area contributed by atoms with Crippen LogP contribution in [-0.2, 0) is 0 Å². The second-order valence-electron chi connectivity index (χ2n) is 8.53. The summed E-state index contributed by atoms with van der Waals surface area (Å²) >= 11 is 0. The third kappa shape index (κ3) is 6.67. The molecule has 0 nitrogen and oxygen atoms in total. The average molecular weight is 431 g/mol. The van der Waals surface area contributed by atoms with Gasteiger partial charge < -0.3 is 0 Å². The van der Waals surface area contributed by atoms with E-state index in [4.69, 9.17) is 0 Å². The van der Waals surface area contributed by atoms with Gasteiger partial charge in [-0.2, -0.15) is 0 Å². The molecule has 166 valence electrons. The van der Waals surface area contributed by atoms with Gasteiger partial charge in [0.05, 0.1) is 0 Å². The fourth-order valence-corrected chi connectivity index (χ4v) is 3.86. The van der Waals surface area contributed by atoms with E-state index in [2.05, 4.69) is 143 Å². The Labute approximate surface area is 200 Å². The summed E-state index contributed by atoms with van der Waals surface area (Å²) in [6.45, 7) is 14.6. The Kier molecular flexibility index (Phi) is 8.61. The van der Waals surface area contributed by atoms with Crippen LogP contribution < -0.4 is 0 Å². The van der Waals surface area contributed by atoms with E-state index >= 15 is 0 Å². The molecule has 0 N–H and O–H groups in total. The van der Waals surface area contributed by atoms with Crippen LogP contribution in [0, 0.1) is 6.92 Å². The second kappa shape index (κ2) is 11.8. The van der Waals surface area contributed by atoms with Gasteiger partial charge in [0.1, 0.15) is 0 Å². The summed E-state index contributed by atoms with van der Waals surface area (Å²) in [5, 5.41) is 0. The first-order chi connectivity index (χ1) is 16.0. The Morgan fingerprint density at radius 1 is 0.758 bits per heavy atom. The lowest BCUT2D eigenvalue weighted by molar-refractivity contribution is 0.908. The highest BCUT2D eigenvalue weighted by molar-refractivity contribution is 5.74. The van der Waals surface area contributed by atoms with E-state index in [0.29, 0.717) is 11.8 Å². The molecule has 3 aromatic carbocycles. The van der Waals surface area contributed by atoms with Crippen LogP contribution in [0.5, 0.6) is 0 Å². The normalized spacial score (nSPS) is 13.5. The van der Waals surface area contributed by atoms with Gasteiger partial charge in [-0.1, -0.05) is 148 Å². The van der Waals surface area contributed by atoms with Gasteiger partial charge in [-0.15, -0.1) is 0 Å². The molecule has 0 aliphatic rings. The zero-order valence-electron chi connectivity index (χ0n) is 20.0. The molecule has 2 atom stereocenters. The molecule has 0 bridgehead atoms. The molecule has 3 aromatic rings. The standard InChI is InChI=1S/C33H34/c1-6-26(3)32-15-11-12-16-33(32)28(5)31-23-21-30(22-24-31)27(4)13-9-7-8-10-14-29-19-17-25(2)18-20-29/h6-24,27-28H,1,3H2,2,4-5H3/b8-7-,13-9+,14-10-. The van der Waals surface area contributed by atoms with Crippen molar-refractivity contribution >= 4 is 11.6 Å². The van der Waals surface area contributed by atoms with Gasteiger partial charge in [0, 0.05) is 5.92 Å². The average Bonchev–Trinajstić information content (AvgIpc) is 2.86. The molecule has 33 heavy (non-hydrogen) atoms. The Balaban J connectivity index is 1.62. The first kappa shape index (κ1) is 24.0. The van der Waals surface area contributed by atoms with Crippen molar-refractivity contribution in [1.29, 1.82) is 0 Å². The summed E-state index contributed by atoms with van der Waals surface area (Å²) in [5.41, 5.74) is 8.54. The van der Waals surface area contributed by atoms with Crippen LogP contribution in [0.3, 0.4) is 0 Å². The fraction of sp³-hybridized carbons (Fsp3) is 0.152. The zero-order valence-corrected chi connectivity index (χ0v) is 20.0. The Hall–Kier alpha value is -3.64. The minimum Gasteiger partial charge on any atom is -0.0985 e.